The van der Waals surface area contributed by atoms with Crippen molar-refractivity contribution in [2.24, 2.45) is 0 Å². The molecule has 0 saturated carbocycles. The number of halogens is 2. The van der Waals surface area contributed by atoms with Crippen LogP contribution in [0.4, 0.5) is 16.3 Å². The molecule has 0 bridgehead atoms. The fourth-order valence-corrected chi connectivity index (χ4v) is 3.94. The monoisotopic (exact) mass is 515 g/mol. The Bertz CT molecular complexity index is 1210. The summed E-state index contributed by atoms with van der Waals surface area (Å²) in [7, 11) is 0. The second-order valence-corrected chi connectivity index (χ2v) is 10.5. The second kappa shape index (κ2) is 10.7. The molecule has 2 N–H and O–H groups in total. The average Bonchev–Trinajstić information content (AvgIpc) is 3.18. The van der Waals surface area contributed by atoms with Gasteiger partial charge in [0, 0.05) is 17.5 Å². The minimum Gasteiger partial charge on any atom is -0.313 e. The lowest BCUT2D eigenvalue weighted by molar-refractivity contribution is -0.117. The van der Waals surface area contributed by atoms with Crippen molar-refractivity contribution in [2.75, 3.05) is 17.2 Å². The van der Waals surface area contributed by atoms with Crippen molar-refractivity contribution >= 4 is 46.6 Å². The molecule has 186 valence electrons. The van der Waals surface area contributed by atoms with Gasteiger partial charge in [-0.05, 0) is 44.5 Å². The van der Waals surface area contributed by atoms with Crippen LogP contribution in [-0.2, 0) is 10.2 Å². The number of amides is 3. The number of aryl methyl sites for hydroxylation is 1. The topological polar surface area (TPSA) is 79.3 Å². The van der Waals surface area contributed by atoms with Gasteiger partial charge in [-0.2, -0.15) is 5.10 Å². The lowest BCUT2D eigenvalue weighted by Gasteiger charge is -2.27. The Kier molecular flexibility index (Phi) is 8.13. The molecule has 1 heterocycles. The Morgan fingerprint density at radius 1 is 1.03 bits per heavy atom. The first kappa shape index (κ1) is 26.6. The van der Waals surface area contributed by atoms with Crippen LogP contribution in [0, 0.1) is 6.92 Å². The van der Waals surface area contributed by atoms with Gasteiger partial charge in [0.1, 0.15) is 12.4 Å². The molecule has 0 fully saturated rings. The molecule has 9 heteroatoms. The first-order valence-corrected chi connectivity index (χ1v) is 12.1. The van der Waals surface area contributed by atoms with Gasteiger partial charge >= 0.3 is 6.03 Å². The van der Waals surface area contributed by atoms with E-state index in [4.69, 9.17) is 28.3 Å². The molecule has 3 amide bonds. The molecule has 7 nitrogen and oxygen atoms in total. The summed E-state index contributed by atoms with van der Waals surface area (Å²) in [4.78, 5) is 27.5. The molecule has 35 heavy (non-hydrogen) atoms. The highest BCUT2D eigenvalue weighted by Gasteiger charge is 2.25. The molecule has 3 rings (SSSR count). The van der Waals surface area contributed by atoms with Gasteiger partial charge in [0.2, 0.25) is 5.91 Å². The van der Waals surface area contributed by atoms with Crippen molar-refractivity contribution in [3.8, 4) is 5.69 Å². The molecule has 0 spiro atoms. The molecule has 0 saturated heterocycles. The predicted molar refractivity (Wildman–Crippen MR) is 143 cm³/mol. The van der Waals surface area contributed by atoms with Crippen molar-refractivity contribution in [3.63, 3.8) is 0 Å². The maximum Gasteiger partial charge on any atom is 0.322 e. The third-order valence-corrected chi connectivity index (χ3v) is 6.11. The molecule has 0 aliphatic heterocycles. The molecule has 0 unspecified atom stereocenters. The maximum atomic E-state index is 13.1. The van der Waals surface area contributed by atoms with E-state index in [9.17, 15) is 9.59 Å². The third kappa shape index (κ3) is 6.35. The van der Waals surface area contributed by atoms with Crippen LogP contribution in [0.3, 0.4) is 0 Å². The van der Waals surface area contributed by atoms with Crippen molar-refractivity contribution in [2.45, 2.75) is 53.0 Å². The molecular weight excluding hydrogens is 485 g/mol. The zero-order valence-electron chi connectivity index (χ0n) is 20.8. The largest absolute Gasteiger partial charge is 0.322 e. The first-order chi connectivity index (χ1) is 16.4. The number of urea groups is 1. The Labute approximate surface area is 216 Å². The van der Waals surface area contributed by atoms with Crippen LogP contribution in [0.2, 0.25) is 10.0 Å². The molecule has 0 aliphatic carbocycles. The summed E-state index contributed by atoms with van der Waals surface area (Å²) in [6, 6.07) is 13.9. The summed E-state index contributed by atoms with van der Waals surface area (Å²) >= 11 is 12.4. The van der Waals surface area contributed by atoms with Gasteiger partial charge < -0.3 is 15.5 Å². The van der Waals surface area contributed by atoms with Gasteiger partial charge in [-0.1, -0.05) is 68.2 Å². The zero-order valence-corrected chi connectivity index (χ0v) is 22.3. The van der Waals surface area contributed by atoms with Crippen LogP contribution >= 0.6 is 23.2 Å². The predicted octanol–water partition coefficient (Wildman–Crippen LogP) is 6.67. The van der Waals surface area contributed by atoms with E-state index < -0.39 is 6.03 Å². The van der Waals surface area contributed by atoms with E-state index in [1.54, 1.807) is 22.9 Å². The minimum atomic E-state index is -0.479. The molecule has 0 aliphatic rings. The fraction of sp³-hybridized carbons (Fsp3) is 0.346. The maximum absolute atomic E-state index is 13.1. The number of para-hydroxylation sites is 2. The average molecular weight is 516 g/mol. The van der Waals surface area contributed by atoms with Crippen LogP contribution in [0.1, 0.15) is 45.9 Å². The van der Waals surface area contributed by atoms with Crippen molar-refractivity contribution < 1.29 is 9.59 Å². The highest BCUT2D eigenvalue weighted by Crippen LogP contribution is 2.30. The van der Waals surface area contributed by atoms with Crippen LogP contribution in [0.5, 0.6) is 0 Å². The third-order valence-electron chi connectivity index (χ3n) is 5.48. The minimum absolute atomic E-state index is 0.171. The molecule has 3 aromatic rings. The zero-order chi connectivity index (χ0) is 25.9. The quantitative estimate of drug-likeness (QED) is 0.384. The van der Waals surface area contributed by atoms with Gasteiger partial charge in [-0.15, -0.1) is 0 Å². The summed E-state index contributed by atoms with van der Waals surface area (Å²) in [5, 5.41) is 11.1. The van der Waals surface area contributed by atoms with E-state index >= 15 is 0 Å². The standard InChI is InChI=1S/C26H31Cl2N5O2/c1-16(2)32(25(35)30-24-18(27)11-9-12-19(24)28)15-23(34)29-22-14-21(26(4,5)6)31-33(22)20-13-8-7-10-17(20)3/h7-14,16H,15H2,1-6H3,(H,29,34)(H,30,35). The molecule has 1 aromatic heterocycles. The van der Waals surface area contributed by atoms with Crippen molar-refractivity contribution in [1.29, 1.82) is 0 Å². The number of hydrogen-bond acceptors (Lipinski definition) is 3. The SMILES string of the molecule is Cc1ccccc1-n1nc(C(C)(C)C)cc1NC(=O)CN(C(=O)Nc1c(Cl)cccc1Cl)C(C)C. The number of rotatable bonds is 6. The lowest BCUT2D eigenvalue weighted by Crippen LogP contribution is -2.44. The number of anilines is 2. The molecule has 2 aromatic carbocycles. The Balaban J connectivity index is 1.85. The van der Waals surface area contributed by atoms with E-state index in [0.717, 1.165) is 16.9 Å². The molecular formula is C26H31Cl2N5O2. The van der Waals surface area contributed by atoms with Crippen LogP contribution in [0.25, 0.3) is 5.69 Å². The number of nitrogens with one attached hydrogen (secondary N) is 2. The Hall–Kier alpha value is -3.03. The first-order valence-electron chi connectivity index (χ1n) is 11.4. The Morgan fingerprint density at radius 2 is 1.66 bits per heavy atom. The number of benzene rings is 2. The molecule has 0 radical (unpaired) electrons. The summed E-state index contributed by atoms with van der Waals surface area (Å²) < 4.78 is 1.73. The van der Waals surface area contributed by atoms with Crippen molar-refractivity contribution in [1.82, 2.24) is 14.7 Å². The van der Waals surface area contributed by atoms with E-state index in [1.165, 1.54) is 4.90 Å². The van der Waals surface area contributed by atoms with E-state index in [2.05, 4.69) is 31.4 Å². The van der Waals surface area contributed by atoms with E-state index in [-0.39, 0.29) is 23.9 Å². The summed E-state index contributed by atoms with van der Waals surface area (Å²) in [5.74, 6) is 0.182. The fourth-order valence-electron chi connectivity index (χ4n) is 3.44. The van der Waals surface area contributed by atoms with E-state index in [1.807, 2.05) is 51.1 Å². The number of carbonyl (C=O) groups excluding carboxylic acids is 2. The van der Waals surface area contributed by atoms with Crippen molar-refractivity contribution in [3.05, 3.63) is 69.8 Å². The molecule has 0 atom stereocenters. The highest BCUT2D eigenvalue weighted by molar-refractivity contribution is 6.39. The normalized spacial score (nSPS) is 11.5. The van der Waals surface area contributed by atoms with Gasteiger partial charge in [0.15, 0.2) is 0 Å². The number of aromatic nitrogens is 2. The van der Waals surface area contributed by atoms with Crippen LogP contribution in [0.15, 0.2) is 48.5 Å². The number of nitrogens with zero attached hydrogens (tertiary/aromatic N) is 3. The van der Waals surface area contributed by atoms with Gasteiger partial charge in [0.25, 0.3) is 0 Å². The van der Waals surface area contributed by atoms with E-state index in [0.29, 0.717) is 21.6 Å². The van der Waals surface area contributed by atoms with Gasteiger partial charge in [-0.3, -0.25) is 4.79 Å². The smallest absolute Gasteiger partial charge is 0.313 e. The summed E-state index contributed by atoms with van der Waals surface area (Å²) in [6.45, 7) is 11.7. The summed E-state index contributed by atoms with van der Waals surface area (Å²) in [6.07, 6.45) is 0. The van der Waals surface area contributed by atoms with Gasteiger partial charge in [-0.25, -0.2) is 9.48 Å². The second-order valence-electron chi connectivity index (χ2n) is 9.66. The highest BCUT2D eigenvalue weighted by atomic mass is 35.5. The lowest BCUT2D eigenvalue weighted by atomic mass is 9.92. The summed E-state index contributed by atoms with van der Waals surface area (Å²) in [5.41, 5.74) is 2.81. The van der Waals surface area contributed by atoms with Crippen LogP contribution in [-0.4, -0.2) is 39.2 Å². The number of carbonyl (C=O) groups is 2. The van der Waals surface area contributed by atoms with Crippen LogP contribution < -0.4 is 10.6 Å². The van der Waals surface area contributed by atoms with Gasteiger partial charge in [0.05, 0.1) is 27.1 Å². The number of hydrogen-bond donors (Lipinski definition) is 2. The Morgan fingerprint density at radius 3 is 2.23 bits per heavy atom.